The smallest absolute Gasteiger partial charge is 0.256 e. The van der Waals surface area contributed by atoms with E-state index in [2.05, 4.69) is 17.7 Å². The number of nitrogens with zero attached hydrogens (tertiary/aromatic N) is 1. The first-order valence-corrected chi connectivity index (χ1v) is 13.4. The molecular formula is C26H35Cl2F2N3O2. The van der Waals surface area contributed by atoms with Gasteiger partial charge in [-0.15, -0.1) is 0 Å². The molecule has 1 aliphatic carbocycles. The predicted octanol–water partition coefficient (Wildman–Crippen LogP) is 6.94. The van der Waals surface area contributed by atoms with E-state index in [-0.39, 0.29) is 31.6 Å². The van der Waals surface area contributed by atoms with Gasteiger partial charge in [-0.3, -0.25) is 5.43 Å². The van der Waals surface area contributed by atoms with Crippen LogP contribution in [0.1, 0.15) is 70.3 Å². The van der Waals surface area contributed by atoms with E-state index in [9.17, 15) is 8.78 Å². The second-order valence-electron chi connectivity index (χ2n) is 9.59. The quantitative estimate of drug-likeness (QED) is 0.339. The largest absolute Gasteiger partial charge is 0.490 e. The number of benzene rings is 1. The molecule has 2 N–H and O–H groups in total. The second-order valence-corrected chi connectivity index (χ2v) is 10.3. The van der Waals surface area contributed by atoms with Gasteiger partial charge in [-0.25, -0.2) is 8.78 Å². The van der Waals surface area contributed by atoms with Crippen molar-refractivity contribution in [2.45, 2.75) is 76.7 Å². The van der Waals surface area contributed by atoms with Gasteiger partial charge in [-0.2, -0.15) is 4.53 Å². The molecule has 3 aliphatic rings. The fraction of sp³-hybridized carbons (Fsp3) is 0.615. The van der Waals surface area contributed by atoms with Gasteiger partial charge in [0.15, 0.2) is 0 Å². The highest BCUT2D eigenvalue weighted by Crippen LogP contribution is 2.40. The van der Waals surface area contributed by atoms with Crippen LogP contribution in [-0.2, 0) is 4.74 Å². The zero-order chi connectivity index (χ0) is 24.8. The third-order valence-electron chi connectivity index (χ3n) is 6.94. The number of rotatable bonds is 9. The second kappa shape index (κ2) is 12.0. The van der Waals surface area contributed by atoms with Crippen LogP contribution in [0.15, 0.2) is 40.9 Å². The van der Waals surface area contributed by atoms with Crippen molar-refractivity contribution in [2.75, 3.05) is 19.7 Å². The molecule has 35 heavy (non-hydrogen) atoms. The van der Waals surface area contributed by atoms with Crippen molar-refractivity contribution in [1.82, 2.24) is 15.3 Å². The van der Waals surface area contributed by atoms with Crippen molar-refractivity contribution in [3.8, 4) is 5.75 Å². The van der Waals surface area contributed by atoms with E-state index in [1.54, 1.807) is 0 Å². The lowest BCUT2D eigenvalue weighted by molar-refractivity contribution is -0.101. The number of hydrazine groups is 1. The Bertz CT molecular complexity index is 918. The maximum atomic E-state index is 14.3. The zero-order valence-electron chi connectivity index (χ0n) is 20.2. The average Bonchev–Trinajstić information content (AvgIpc) is 2.84. The summed E-state index contributed by atoms with van der Waals surface area (Å²) in [7, 11) is 0. The van der Waals surface area contributed by atoms with Gasteiger partial charge in [0.1, 0.15) is 10.8 Å². The number of ether oxygens (including phenoxy) is 2. The lowest BCUT2D eigenvalue weighted by Gasteiger charge is -2.34. The Morgan fingerprint density at radius 1 is 1.14 bits per heavy atom. The van der Waals surface area contributed by atoms with Gasteiger partial charge < -0.3 is 14.8 Å². The molecule has 1 unspecified atom stereocenters. The van der Waals surface area contributed by atoms with Crippen LogP contribution in [0, 0.1) is 5.92 Å². The molecule has 1 saturated heterocycles. The van der Waals surface area contributed by atoms with E-state index < -0.39 is 11.8 Å². The first kappa shape index (κ1) is 26.4. The van der Waals surface area contributed by atoms with Crippen LogP contribution < -0.4 is 15.5 Å². The van der Waals surface area contributed by atoms with Crippen molar-refractivity contribution >= 4 is 29.0 Å². The normalized spacial score (nSPS) is 23.3. The Hall–Kier alpha value is -1.70. The van der Waals surface area contributed by atoms with Crippen molar-refractivity contribution < 1.29 is 18.3 Å². The molecule has 2 fully saturated rings. The van der Waals surface area contributed by atoms with Crippen LogP contribution >= 0.6 is 23.4 Å². The molecule has 0 aromatic heterocycles. The molecule has 1 aromatic rings. The van der Waals surface area contributed by atoms with E-state index in [0.29, 0.717) is 11.6 Å². The Kier molecular flexibility index (Phi) is 9.06. The summed E-state index contributed by atoms with van der Waals surface area (Å²) in [6.45, 7) is 2.40. The zero-order valence-corrected chi connectivity index (χ0v) is 21.7. The number of alkyl halides is 2. The topological polar surface area (TPSA) is 45.8 Å². The molecule has 5 nitrogen and oxygen atoms in total. The Labute approximate surface area is 216 Å². The summed E-state index contributed by atoms with van der Waals surface area (Å²) in [6, 6.07) is 7.87. The summed E-state index contributed by atoms with van der Waals surface area (Å²) in [6.07, 6.45) is 8.63. The fourth-order valence-electron chi connectivity index (χ4n) is 4.83. The molecule has 2 heterocycles. The number of unbranched alkanes of at least 4 members (excludes halogenated alkanes) is 1. The molecular weight excluding hydrogens is 495 g/mol. The van der Waals surface area contributed by atoms with Crippen molar-refractivity contribution in [3.05, 3.63) is 46.4 Å². The monoisotopic (exact) mass is 529 g/mol. The van der Waals surface area contributed by atoms with E-state index in [1.165, 1.54) is 23.8 Å². The van der Waals surface area contributed by atoms with E-state index >= 15 is 0 Å². The van der Waals surface area contributed by atoms with Gasteiger partial charge in [0, 0.05) is 42.6 Å². The summed E-state index contributed by atoms with van der Waals surface area (Å²) >= 11 is 13.3. The van der Waals surface area contributed by atoms with Crippen LogP contribution in [0.3, 0.4) is 0 Å². The molecule has 4 rings (SSSR count). The molecule has 0 bridgehead atoms. The first-order valence-electron chi connectivity index (χ1n) is 12.7. The maximum Gasteiger partial charge on any atom is 0.256 e. The SMILES string of the molecule is CCCCC1=C(c2ccc(OC3CCCCC3)cc2)C(Cl)=C(OCC2CNCCC2(F)F)N(Cl)N1. The molecule has 2 aliphatic heterocycles. The molecule has 1 saturated carbocycles. The standard InChI is InChI=1S/C26H35Cl2F2N3O2/c1-2-3-9-22-23(18-10-12-21(13-11-18)35-20-7-5-4-6-8-20)24(27)25(33(28)32-22)34-17-19-16-31-15-14-26(19,29)30/h10-13,19-20,31-32H,2-9,14-17H2,1H3. The van der Waals surface area contributed by atoms with Crippen LogP contribution in [0.25, 0.3) is 5.57 Å². The fourth-order valence-corrected chi connectivity index (χ4v) is 5.47. The highest BCUT2D eigenvalue weighted by atomic mass is 35.5. The molecule has 194 valence electrons. The Morgan fingerprint density at radius 3 is 2.57 bits per heavy atom. The molecule has 0 spiro atoms. The van der Waals surface area contributed by atoms with Crippen LogP contribution in [0.2, 0.25) is 0 Å². The minimum atomic E-state index is -2.79. The predicted molar refractivity (Wildman–Crippen MR) is 136 cm³/mol. The van der Waals surface area contributed by atoms with Gasteiger partial charge in [0.05, 0.1) is 18.6 Å². The van der Waals surface area contributed by atoms with Gasteiger partial charge in [0.2, 0.25) is 5.88 Å². The van der Waals surface area contributed by atoms with Gasteiger partial charge >= 0.3 is 0 Å². The number of hydrogen-bond donors (Lipinski definition) is 2. The van der Waals surface area contributed by atoms with Crippen LogP contribution in [0.5, 0.6) is 5.75 Å². The number of hydrogen-bond acceptors (Lipinski definition) is 5. The molecule has 0 amide bonds. The Morgan fingerprint density at radius 2 is 1.89 bits per heavy atom. The molecule has 0 radical (unpaired) electrons. The van der Waals surface area contributed by atoms with E-state index in [0.717, 1.165) is 54.7 Å². The first-order chi connectivity index (χ1) is 16.9. The number of halogens is 4. The average molecular weight is 530 g/mol. The van der Waals surface area contributed by atoms with Crippen molar-refractivity contribution in [2.24, 2.45) is 5.92 Å². The summed E-state index contributed by atoms with van der Waals surface area (Å²) in [4.78, 5) is 0. The minimum Gasteiger partial charge on any atom is -0.490 e. The maximum absolute atomic E-state index is 14.3. The van der Waals surface area contributed by atoms with E-state index in [4.69, 9.17) is 32.9 Å². The molecule has 1 aromatic carbocycles. The van der Waals surface area contributed by atoms with Gasteiger partial charge in [-0.1, -0.05) is 43.5 Å². The summed E-state index contributed by atoms with van der Waals surface area (Å²) in [5.74, 6) is -2.78. The number of nitrogens with one attached hydrogen (secondary N) is 2. The summed E-state index contributed by atoms with van der Waals surface area (Å²) in [5, 5.41) is 3.31. The van der Waals surface area contributed by atoms with Gasteiger partial charge in [0.25, 0.3) is 5.92 Å². The third kappa shape index (κ3) is 6.55. The Balaban J connectivity index is 1.55. The van der Waals surface area contributed by atoms with Crippen molar-refractivity contribution in [1.29, 1.82) is 0 Å². The van der Waals surface area contributed by atoms with Crippen LogP contribution in [-0.4, -0.2) is 36.3 Å². The number of allylic oxidation sites excluding steroid dienone is 3. The lowest BCUT2D eigenvalue weighted by Crippen LogP contribution is -2.47. The summed E-state index contributed by atoms with van der Waals surface area (Å²) < 4.78 is 41.8. The lowest BCUT2D eigenvalue weighted by atomic mass is 9.96. The van der Waals surface area contributed by atoms with E-state index in [1.807, 2.05) is 24.3 Å². The van der Waals surface area contributed by atoms with Gasteiger partial charge in [-0.05, 0) is 56.2 Å². The highest BCUT2D eigenvalue weighted by molar-refractivity contribution is 6.38. The van der Waals surface area contributed by atoms with Crippen LogP contribution in [0.4, 0.5) is 8.78 Å². The molecule has 9 heteroatoms. The summed E-state index contributed by atoms with van der Waals surface area (Å²) in [5.41, 5.74) is 5.67. The molecule has 1 atom stereocenters. The highest BCUT2D eigenvalue weighted by Gasteiger charge is 2.42. The third-order valence-corrected chi connectivity index (χ3v) is 7.53. The minimum absolute atomic E-state index is 0.132. The number of piperidine rings is 1. The van der Waals surface area contributed by atoms with Crippen molar-refractivity contribution in [3.63, 3.8) is 0 Å².